The zero-order valence-electron chi connectivity index (χ0n) is 31.1. The molecule has 2 aliphatic carbocycles. The smallest absolute Gasteiger partial charge is 0.410 e. The van der Waals surface area contributed by atoms with Gasteiger partial charge in [-0.25, -0.2) is 9.52 Å². The SMILES string of the molecule is COc1ccc(-c2c(C3CCCCC3)c3ccc(C(=O)NS(=O)(=O)N(C)C)cc3n2CC2(C(=O)N3C[C@H]4C[C@@H]3CN4C(=O)OC(C)(C)C)CC2)cc1. The van der Waals surface area contributed by atoms with Crippen LogP contribution in [0.3, 0.4) is 0 Å². The molecule has 2 saturated carbocycles. The molecule has 0 radical (unpaired) electrons. The third-order valence-electron chi connectivity index (χ3n) is 11.3. The number of nitrogens with zero attached hydrogens (tertiary/aromatic N) is 4. The predicted molar refractivity (Wildman–Crippen MR) is 198 cm³/mol. The largest absolute Gasteiger partial charge is 0.497 e. The molecular formula is C39H51N5O7S. The van der Waals surface area contributed by atoms with Gasteiger partial charge in [-0.1, -0.05) is 25.3 Å². The fourth-order valence-corrected chi connectivity index (χ4v) is 9.01. The van der Waals surface area contributed by atoms with Gasteiger partial charge in [-0.2, -0.15) is 12.7 Å². The van der Waals surface area contributed by atoms with Crippen LogP contribution in [0.25, 0.3) is 22.2 Å². The average molecular weight is 734 g/mol. The molecule has 4 aliphatic rings. The lowest BCUT2D eigenvalue weighted by Gasteiger charge is -2.37. The quantitative estimate of drug-likeness (QED) is 0.290. The maximum atomic E-state index is 14.6. The van der Waals surface area contributed by atoms with Gasteiger partial charge in [-0.15, -0.1) is 0 Å². The van der Waals surface area contributed by atoms with E-state index in [4.69, 9.17) is 9.47 Å². The lowest BCUT2D eigenvalue weighted by Crippen LogP contribution is -2.53. The summed E-state index contributed by atoms with van der Waals surface area (Å²) in [6.45, 7) is 6.94. The first kappa shape index (κ1) is 36.3. The summed E-state index contributed by atoms with van der Waals surface area (Å²) in [4.78, 5) is 44.8. The molecule has 0 spiro atoms. The molecule has 13 heteroatoms. The second-order valence-corrected chi connectivity index (χ2v) is 18.2. The van der Waals surface area contributed by atoms with E-state index >= 15 is 0 Å². The molecule has 12 nitrogen and oxygen atoms in total. The van der Waals surface area contributed by atoms with E-state index in [-0.39, 0.29) is 29.6 Å². The second-order valence-electron chi connectivity index (χ2n) is 16.3. The van der Waals surface area contributed by atoms with Crippen LogP contribution in [0.2, 0.25) is 0 Å². The van der Waals surface area contributed by atoms with Crippen molar-refractivity contribution in [2.45, 2.75) is 102 Å². The molecule has 2 bridgehead atoms. The zero-order chi connectivity index (χ0) is 37.2. The molecule has 3 aromatic rings. The number of aromatic nitrogens is 1. The first-order chi connectivity index (χ1) is 24.6. The number of carbonyl (C=O) groups is 3. The first-order valence-electron chi connectivity index (χ1n) is 18.5. The Morgan fingerprint density at radius 1 is 0.942 bits per heavy atom. The number of likely N-dealkylation sites (tertiary alicyclic amines) is 2. The monoisotopic (exact) mass is 733 g/mol. The standard InChI is InChI=1S/C39H51N5O7S/c1-38(2,3)51-37(47)43-23-28-21-29(43)22-42(28)36(46)39(18-19-39)24-44-32-20-27(35(45)40-52(48,49)41(4)5)14-17-31(32)33(25-10-8-7-9-11-25)34(44)26-12-15-30(50-6)16-13-26/h12-17,20,25,28-29H,7-11,18-19,21-24H2,1-6H3,(H,40,45)/t28-,29-/m1/s1. The molecule has 280 valence electrons. The molecule has 4 fully saturated rings. The van der Waals surface area contributed by atoms with Gasteiger partial charge in [0.15, 0.2) is 0 Å². The van der Waals surface area contributed by atoms with Crippen LogP contribution in [0.4, 0.5) is 4.79 Å². The number of ether oxygens (including phenoxy) is 2. The number of fused-ring (bicyclic) bond motifs is 3. The van der Waals surface area contributed by atoms with Crippen molar-refractivity contribution in [1.82, 2.24) is 23.4 Å². The number of piperazine rings is 1. The van der Waals surface area contributed by atoms with E-state index < -0.39 is 27.1 Å². The Balaban J connectivity index is 1.29. The molecule has 2 atom stereocenters. The number of rotatable bonds is 9. The van der Waals surface area contributed by atoms with Crippen molar-refractivity contribution >= 4 is 39.0 Å². The Morgan fingerprint density at radius 3 is 2.17 bits per heavy atom. The van der Waals surface area contributed by atoms with Crippen molar-refractivity contribution in [3.63, 3.8) is 0 Å². The van der Waals surface area contributed by atoms with Gasteiger partial charge in [0.05, 0.1) is 30.3 Å². The summed E-state index contributed by atoms with van der Waals surface area (Å²) in [7, 11) is 0.373. The van der Waals surface area contributed by atoms with Gasteiger partial charge in [0.25, 0.3) is 5.91 Å². The van der Waals surface area contributed by atoms with Crippen molar-refractivity contribution in [3.8, 4) is 17.0 Å². The summed E-state index contributed by atoms with van der Waals surface area (Å²) in [6.07, 6.45) is 7.41. The van der Waals surface area contributed by atoms with Crippen molar-refractivity contribution < 1.29 is 32.3 Å². The van der Waals surface area contributed by atoms with Gasteiger partial charge in [-0.3, -0.25) is 9.59 Å². The molecule has 3 amide bonds. The van der Waals surface area contributed by atoms with Crippen LogP contribution >= 0.6 is 0 Å². The van der Waals surface area contributed by atoms with E-state index in [1.54, 1.807) is 24.1 Å². The van der Waals surface area contributed by atoms with E-state index in [9.17, 15) is 22.8 Å². The van der Waals surface area contributed by atoms with Gasteiger partial charge in [0.2, 0.25) is 5.91 Å². The summed E-state index contributed by atoms with van der Waals surface area (Å²) in [5.74, 6) is 0.428. The average Bonchev–Trinajstić information content (AvgIpc) is 3.44. The molecule has 2 aliphatic heterocycles. The maximum Gasteiger partial charge on any atom is 0.410 e. The minimum atomic E-state index is -4.01. The summed E-state index contributed by atoms with van der Waals surface area (Å²) in [6, 6.07) is 13.3. The minimum absolute atomic E-state index is 0.0586. The molecule has 2 saturated heterocycles. The highest BCUT2D eigenvalue weighted by atomic mass is 32.2. The number of benzene rings is 2. The van der Waals surface area contributed by atoms with Gasteiger partial charge < -0.3 is 23.8 Å². The Kier molecular flexibility index (Phi) is 9.34. The number of carbonyl (C=O) groups excluding carboxylic acids is 3. The van der Waals surface area contributed by atoms with Gasteiger partial charge >= 0.3 is 16.3 Å². The fraction of sp³-hybridized carbons (Fsp3) is 0.564. The molecule has 3 heterocycles. The Labute approximate surface area is 306 Å². The van der Waals surface area contributed by atoms with Crippen molar-refractivity contribution in [3.05, 3.63) is 53.6 Å². The van der Waals surface area contributed by atoms with Crippen molar-refractivity contribution in [2.75, 3.05) is 34.3 Å². The van der Waals surface area contributed by atoms with Crippen LogP contribution in [0.1, 0.15) is 94.0 Å². The lowest BCUT2D eigenvalue weighted by molar-refractivity contribution is -0.140. The van der Waals surface area contributed by atoms with E-state index in [1.807, 2.05) is 43.9 Å². The Hall–Kier alpha value is -4.10. The van der Waals surface area contributed by atoms with E-state index in [1.165, 1.54) is 26.1 Å². The topological polar surface area (TPSA) is 130 Å². The fourth-order valence-electron chi connectivity index (χ4n) is 8.47. The van der Waals surface area contributed by atoms with Gasteiger partial charge in [0, 0.05) is 50.2 Å². The van der Waals surface area contributed by atoms with Crippen LogP contribution in [0.15, 0.2) is 42.5 Å². The third kappa shape index (κ3) is 6.77. The van der Waals surface area contributed by atoms with E-state index in [0.29, 0.717) is 25.6 Å². The number of hydrogen-bond acceptors (Lipinski definition) is 7. The second kappa shape index (κ2) is 13.4. The number of nitrogens with one attached hydrogen (secondary N) is 1. The number of methoxy groups -OCH3 is 1. The summed E-state index contributed by atoms with van der Waals surface area (Å²) >= 11 is 0. The molecule has 1 aromatic heterocycles. The van der Waals surface area contributed by atoms with Gasteiger partial charge in [-0.05, 0) is 106 Å². The zero-order valence-corrected chi connectivity index (χ0v) is 31.9. The third-order valence-corrected chi connectivity index (χ3v) is 12.7. The number of hydrogen-bond donors (Lipinski definition) is 1. The van der Waals surface area contributed by atoms with Crippen molar-refractivity contribution in [1.29, 1.82) is 0 Å². The van der Waals surface area contributed by atoms with Crippen LogP contribution in [0, 0.1) is 5.41 Å². The van der Waals surface area contributed by atoms with E-state index in [2.05, 4.69) is 21.4 Å². The van der Waals surface area contributed by atoms with Crippen LogP contribution in [-0.4, -0.2) is 97.0 Å². The van der Waals surface area contributed by atoms with Gasteiger partial charge in [0.1, 0.15) is 11.4 Å². The molecule has 1 N–H and O–H groups in total. The summed E-state index contributed by atoms with van der Waals surface area (Å²) in [5.41, 5.74) is 3.04. The predicted octanol–water partition coefficient (Wildman–Crippen LogP) is 5.90. The van der Waals surface area contributed by atoms with E-state index in [0.717, 1.165) is 77.2 Å². The number of amides is 3. The minimum Gasteiger partial charge on any atom is -0.497 e. The Morgan fingerprint density at radius 2 is 1.60 bits per heavy atom. The van der Waals surface area contributed by atoms with Crippen LogP contribution < -0.4 is 9.46 Å². The summed E-state index contributed by atoms with van der Waals surface area (Å²) < 4.78 is 41.8. The molecule has 0 unspecified atom stereocenters. The highest BCUT2D eigenvalue weighted by molar-refractivity contribution is 7.87. The highest BCUT2D eigenvalue weighted by Crippen LogP contribution is 2.53. The maximum absolute atomic E-state index is 14.6. The lowest BCUT2D eigenvalue weighted by atomic mass is 9.81. The normalized spacial score (nSPS) is 21.5. The Bertz CT molecular complexity index is 1990. The van der Waals surface area contributed by atoms with Crippen molar-refractivity contribution in [2.24, 2.45) is 5.41 Å². The molecular weight excluding hydrogens is 683 g/mol. The summed E-state index contributed by atoms with van der Waals surface area (Å²) in [5, 5.41) is 1.02. The molecule has 7 rings (SSSR count). The highest BCUT2D eigenvalue weighted by Gasteiger charge is 2.57. The van der Waals surface area contributed by atoms with Crippen LogP contribution in [0.5, 0.6) is 5.75 Å². The molecule has 52 heavy (non-hydrogen) atoms. The van der Waals surface area contributed by atoms with Crippen LogP contribution in [-0.2, 0) is 26.3 Å². The molecule has 2 aromatic carbocycles. The first-order valence-corrected chi connectivity index (χ1v) is 19.9.